The number of aliphatic hydroxyl groups is 1. The molecule has 1 heterocycles. The molecular weight excluding hydrogens is 216 g/mol. The van der Waals surface area contributed by atoms with Crippen LogP contribution in [0.1, 0.15) is 0 Å². The summed E-state index contributed by atoms with van der Waals surface area (Å²) in [5, 5.41) is 11.5. The number of aliphatic hydroxyl groups excluding tert-OH is 1. The maximum atomic E-state index is 9.85. The van der Waals surface area contributed by atoms with Crippen LogP contribution in [0.2, 0.25) is 0 Å². The summed E-state index contributed by atoms with van der Waals surface area (Å²) in [6.07, 6.45) is 5.39. The Morgan fingerprint density at radius 3 is 2.76 bits per heavy atom. The predicted molar refractivity (Wildman–Crippen MR) is 64.2 cm³/mol. The van der Waals surface area contributed by atoms with Crippen molar-refractivity contribution in [3.05, 3.63) is 58.7 Å². The van der Waals surface area contributed by atoms with Gasteiger partial charge in [0.05, 0.1) is 12.3 Å². The quantitative estimate of drug-likeness (QED) is 0.778. The molecule has 1 N–H and O–H groups in total. The molecule has 0 bridgehead atoms. The lowest BCUT2D eigenvalue weighted by Gasteiger charge is -2.25. The molecule has 1 aliphatic carbocycles. The van der Waals surface area contributed by atoms with Gasteiger partial charge in [-0.1, -0.05) is 24.3 Å². The molecule has 1 aromatic carbocycles. The number of hydrogen-bond acceptors (Lipinski definition) is 3. The molecule has 0 saturated carbocycles. The van der Waals surface area contributed by atoms with Gasteiger partial charge in [0, 0.05) is 5.57 Å². The normalized spacial score (nSPS) is 21.2. The van der Waals surface area contributed by atoms with E-state index < -0.39 is 0 Å². The van der Waals surface area contributed by atoms with Crippen molar-refractivity contribution < 1.29 is 14.6 Å². The number of rotatable bonds is 1. The molecule has 17 heavy (non-hydrogen) atoms. The predicted octanol–water partition coefficient (Wildman–Crippen LogP) is 0.960. The second-order valence-electron chi connectivity index (χ2n) is 3.92. The number of methoxy groups -OCH3 is 1. The van der Waals surface area contributed by atoms with E-state index in [-0.39, 0.29) is 12.0 Å². The summed E-state index contributed by atoms with van der Waals surface area (Å²) in [5.74, 6) is 0.744. The molecule has 1 unspecified atom stereocenters. The van der Waals surface area contributed by atoms with Crippen LogP contribution >= 0.6 is 0 Å². The fraction of sp³-hybridized carbons (Fsp3) is 0.143. The van der Waals surface area contributed by atoms with Crippen LogP contribution in [0.4, 0.5) is 0 Å². The number of ether oxygens (including phenoxy) is 2. The molecule has 0 saturated heterocycles. The van der Waals surface area contributed by atoms with Crippen molar-refractivity contribution in [3.8, 4) is 0 Å². The summed E-state index contributed by atoms with van der Waals surface area (Å²) in [5.41, 5.74) is 0.961. The largest absolute Gasteiger partial charge is 0.496 e. The molecule has 0 amide bonds. The molecule has 0 fully saturated rings. The lowest BCUT2D eigenvalue weighted by atomic mass is 9.97. The van der Waals surface area contributed by atoms with Crippen LogP contribution in [-0.4, -0.2) is 18.3 Å². The standard InChI is InChI=1S/C14H12O3/c1-16-11-7-4-8-12-13(11)9-5-2-3-6-10(9)14(15)17-12/h2-8,12,15H,1H3. The van der Waals surface area contributed by atoms with Crippen LogP contribution in [0, 0.1) is 0 Å². The number of fused-ring (bicyclic) bond motifs is 2. The van der Waals surface area contributed by atoms with Crippen LogP contribution in [0.15, 0.2) is 48.3 Å². The fourth-order valence-electron chi connectivity index (χ4n) is 2.22. The van der Waals surface area contributed by atoms with E-state index in [0.717, 1.165) is 16.6 Å². The topological polar surface area (TPSA) is 38.7 Å². The Balaban J connectivity index is 2.42. The molecule has 0 aromatic heterocycles. The van der Waals surface area contributed by atoms with Gasteiger partial charge in [-0.3, -0.25) is 0 Å². The van der Waals surface area contributed by atoms with Crippen LogP contribution in [0.25, 0.3) is 11.5 Å². The average Bonchev–Trinajstić information content (AvgIpc) is 2.38. The summed E-state index contributed by atoms with van der Waals surface area (Å²) in [4.78, 5) is 0. The van der Waals surface area contributed by atoms with Crippen LogP contribution in [-0.2, 0) is 9.47 Å². The molecule has 3 nitrogen and oxygen atoms in total. The summed E-state index contributed by atoms with van der Waals surface area (Å²) in [6, 6.07) is 7.60. The first-order valence-electron chi connectivity index (χ1n) is 5.43. The first-order chi connectivity index (χ1) is 8.31. The SMILES string of the molecule is COC1=CC=CC2OC(O)=c3ccccc3=C12. The van der Waals surface area contributed by atoms with Crippen LogP contribution in [0.5, 0.6) is 0 Å². The molecule has 1 aliphatic heterocycles. The molecule has 0 radical (unpaired) electrons. The van der Waals surface area contributed by atoms with Gasteiger partial charge in [0.15, 0.2) is 0 Å². The van der Waals surface area contributed by atoms with Crippen molar-refractivity contribution in [2.75, 3.05) is 7.11 Å². The summed E-state index contributed by atoms with van der Waals surface area (Å²) in [6.45, 7) is 0. The molecule has 0 spiro atoms. The zero-order valence-electron chi connectivity index (χ0n) is 9.38. The van der Waals surface area contributed by atoms with Gasteiger partial charge in [0.1, 0.15) is 11.9 Å². The highest BCUT2D eigenvalue weighted by atomic mass is 16.6. The van der Waals surface area contributed by atoms with E-state index in [1.54, 1.807) is 7.11 Å². The van der Waals surface area contributed by atoms with Crippen LogP contribution < -0.4 is 10.4 Å². The Morgan fingerprint density at radius 2 is 2.00 bits per heavy atom. The van der Waals surface area contributed by atoms with E-state index in [9.17, 15) is 5.11 Å². The van der Waals surface area contributed by atoms with E-state index >= 15 is 0 Å². The zero-order chi connectivity index (χ0) is 11.8. The van der Waals surface area contributed by atoms with Crippen molar-refractivity contribution in [2.45, 2.75) is 6.10 Å². The fourth-order valence-corrected chi connectivity index (χ4v) is 2.22. The molecule has 86 valence electrons. The highest BCUT2D eigenvalue weighted by Gasteiger charge is 2.26. The van der Waals surface area contributed by atoms with E-state index in [1.807, 2.05) is 42.5 Å². The minimum Gasteiger partial charge on any atom is -0.496 e. The number of hydrogen-bond donors (Lipinski definition) is 1. The molecule has 1 aromatic rings. The van der Waals surface area contributed by atoms with Gasteiger partial charge in [0.25, 0.3) is 5.95 Å². The molecule has 3 rings (SSSR count). The third-order valence-corrected chi connectivity index (χ3v) is 2.99. The van der Waals surface area contributed by atoms with Crippen molar-refractivity contribution in [3.63, 3.8) is 0 Å². The van der Waals surface area contributed by atoms with Gasteiger partial charge in [-0.25, -0.2) is 0 Å². The smallest absolute Gasteiger partial charge is 0.285 e. The first-order valence-corrected chi connectivity index (χ1v) is 5.43. The Kier molecular flexibility index (Phi) is 2.18. The Hall–Kier alpha value is -2.16. The van der Waals surface area contributed by atoms with Gasteiger partial charge in [-0.05, 0) is 23.4 Å². The maximum Gasteiger partial charge on any atom is 0.285 e. The number of allylic oxidation sites excluding steroid dienone is 2. The third-order valence-electron chi connectivity index (χ3n) is 2.99. The van der Waals surface area contributed by atoms with Crippen molar-refractivity contribution in [2.24, 2.45) is 0 Å². The Morgan fingerprint density at radius 1 is 1.24 bits per heavy atom. The van der Waals surface area contributed by atoms with Gasteiger partial charge in [-0.15, -0.1) is 0 Å². The zero-order valence-corrected chi connectivity index (χ0v) is 9.38. The molecule has 1 atom stereocenters. The van der Waals surface area contributed by atoms with E-state index in [4.69, 9.17) is 9.47 Å². The Bertz CT molecular complexity index is 638. The Labute approximate surface area is 98.6 Å². The maximum absolute atomic E-state index is 9.85. The van der Waals surface area contributed by atoms with E-state index in [2.05, 4.69) is 0 Å². The number of benzene rings is 1. The lowest BCUT2D eigenvalue weighted by molar-refractivity contribution is 0.156. The summed E-state index contributed by atoms with van der Waals surface area (Å²) < 4.78 is 10.8. The van der Waals surface area contributed by atoms with Gasteiger partial charge in [-0.2, -0.15) is 0 Å². The van der Waals surface area contributed by atoms with E-state index in [1.165, 1.54) is 0 Å². The minimum atomic E-state index is -0.273. The highest BCUT2D eigenvalue weighted by molar-refractivity contribution is 5.71. The first kappa shape index (κ1) is 10.0. The van der Waals surface area contributed by atoms with Crippen molar-refractivity contribution in [1.82, 2.24) is 0 Å². The van der Waals surface area contributed by atoms with Gasteiger partial charge >= 0.3 is 0 Å². The van der Waals surface area contributed by atoms with Crippen molar-refractivity contribution in [1.29, 1.82) is 0 Å². The van der Waals surface area contributed by atoms with Crippen molar-refractivity contribution >= 4 is 11.5 Å². The summed E-state index contributed by atoms with van der Waals surface area (Å²) >= 11 is 0. The molecular formula is C14H12O3. The second-order valence-corrected chi connectivity index (χ2v) is 3.92. The lowest BCUT2D eigenvalue weighted by Crippen LogP contribution is -2.39. The third kappa shape index (κ3) is 1.43. The average molecular weight is 228 g/mol. The van der Waals surface area contributed by atoms with Crippen LogP contribution in [0.3, 0.4) is 0 Å². The monoisotopic (exact) mass is 228 g/mol. The highest BCUT2D eigenvalue weighted by Crippen LogP contribution is 2.25. The van der Waals surface area contributed by atoms with E-state index in [0.29, 0.717) is 5.22 Å². The van der Waals surface area contributed by atoms with Gasteiger partial charge in [0.2, 0.25) is 0 Å². The summed E-state index contributed by atoms with van der Waals surface area (Å²) in [7, 11) is 1.63. The van der Waals surface area contributed by atoms with Gasteiger partial charge < -0.3 is 14.6 Å². The minimum absolute atomic E-state index is 0.0312. The molecule has 2 aliphatic rings. The second kappa shape index (κ2) is 3.70. The molecule has 3 heteroatoms.